The molecule has 0 aromatic carbocycles. The van der Waals surface area contributed by atoms with E-state index < -0.39 is 0 Å². The standard InChI is InChI=1S/C18H29N3/c1-3-14-4-9-17(10-5-14)21(2)18-11-6-15(13-20-18)12-19-16-7-8-16/h6,11,13-14,16-17,19H,3-5,7-10,12H2,1-2H3. The number of anilines is 1. The summed E-state index contributed by atoms with van der Waals surface area (Å²) in [7, 11) is 2.21. The maximum Gasteiger partial charge on any atom is 0.128 e. The second-order valence-corrected chi connectivity index (χ2v) is 6.87. The fourth-order valence-electron chi connectivity index (χ4n) is 3.41. The van der Waals surface area contributed by atoms with Crippen LogP contribution in [0.1, 0.15) is 57.4 Å². The van der Waals surface area contributed by atoms with Crippen LogP contribution in [0, 0.1) is 5.92 Å². The van der Waals surface area contributed by atoms with Crippen LogP contribution in [-0.4, -0.2) is 24.1 Å². The van der Waals surface area contributed by atoms with Gasteiger partial charge >= 0.3 is 0 Å². The van der Waals surface area contributed by atoms with E-state index in [0.29, 0.717) is 6.04 Å². The first-order valence-corrected chi connectivity index (χ1v) is 8.67. The quantitative estimate of drug-likeness (QED) is 0.864. The minimum Gasteiger partial charge on any atom is -0.357 e. The molecule has 1 aromatic rings. The van der Waals surface area contributed by atoms with Gasteiger partial charge in [0.15, 0.2) is 0 Å². The molecule has 2 aliphatic rings. The van der Waals surface area contributed by atoms with Crippen molar-refractivity contribution >= 4 is 5.82 Å². The van der Waals surface area contributed by atoms with Crippen LogP contribution in [0.3, 0.4) is 0 Å². The lowest BCUT2D eigenvalue weighted by Gasteiger charge is -2.35. The maximum absolute atomic E-state index is 4.68. The lowest BCUT2D eigenvalue weighted by atomic mass is 9.84. The molecule has 116 valence electrons. The van der Waals surface area contributed by atoms with E-state index in [0.717, 1.165) is 24.3 Å². The lowest BCUT2D eigenvalue weighted by molar-refractivity contribution is 0.313. The van der Waals surface area contributed by atoms with Crippen LogP contribution < -0.4 is 10.2 Å². The van der Waals surface area contributed by atoms with Crippen LogP contribution in [0.2, 0.25) is 0 Å². The van der Waals surface area contributed by atoms with E-state index in [9.17, 15) is 0 Å². The van der Waals surface area contributed by atoms with Gasteiger partial charge in [0.05, 0.1) is 0 Å². The smallest absolute Gasteiger partial charge is 0.128 e. The molecule has 3 heteroatoms. The Morgan fingerprint density at radius 1 is 1.14 bits per heavy atom. The van der Waals surface area contributed by atoms with Gasteiger partial charge in [0.1, 0.15) is 5.82 Å². The van der Waals surface area contributed by atoms with Gasteiger partial charge < -0.3 is 10.2 Å². The zero-order valence-corrected chi connectivity index (χ0v) is 13.5. The predicted octanol–water partition coefficient (Wildman–Crippen LogP) is 3.74. The van der Waals surface area contributed by atoms with Gasteiger partial charge in [0.2, 0.25) is 0 Å². The highest BCUT2D eigenvalue weighted by Crippen LogP contribution is 2.30. The molecule has 0 amide bonds. The highest BCUT2D eigenvalue weighted by molar-refractivity contribution is 5.39. The Morgan fingerprint density at radius 2 is 1.90 bits per heavy atom. The fourth-order valence-corrected chi connectivity index (χ4v) is 3.41. The van der Waals surface area contributed by atoms with Gasteiger partial charge in [-0.1, -0.05) is 19.4 Å². The van der Waals surface area contributed by atoms with Crippen molar-refractivity contribution < 1.29 is 0 Å². The zero-order chi connectivity index (χ0) is 14.7. The number of pyridine rings is 1. The van der Waals surface area contributed by atoms with E-state index in [1.54, 1.807) is 0 Å². The van der Waals surface area contributed by atoms with Crippen molar-refractivity contribution in [1.29, 1.82) is 0 Å². The monoisotopic (exact) mass is 287 g/mol. The molecule has 1 N–H and O–H groups in total. The maximum atomic E-state index is 4.68. The number of hydrogen-bond acceptors (Lipinski definition) is 3. The summed E-state index contributed by atoms with van der Waals surface area (Å²) in [5, 5.41) is 3.54. The Morgan fingerprint density at radius 3 is 2.48 bits per heavy atom. The van der Waals surface area contributed by atoms with E-state index in [1.165, 1.54) is 50.5 Å². The topological polar surface area (TPSA) is 28.2 Å². The molecule has 1 heterocycles. The molecule has 2 aliphatic carbocycles. The molecular weight excluding hydrogens is 258 g/mol. The molecule has 0 bridgehead atoms. The van der Waals surface area contributed by atoms with E-state index in [2.05, 4.69) is 41.3 Å². The average Bonchev–Trinajstić information content (AvgIpc) is 3.37. The van der Waals surface area contributed by atoms with Crippen LogP contribution >= 0.6 is 0 Å². The summed E-state index contributed by atoms with van der Waals surface area (Å²) in [5.41, 5.74) is 1.30. The van der Waals surface area contributed by atoms with Crippen LogP contribution in [0.4, 0.5) is 5.82 Å². The molecule has 0 atom stereocenters. The summed E-state index contributed by atoms with van der Waals surface area (Å²) < 4.78 is 0. The van der Waals surface area contributed by atoms with Crippen molar-refractivity contribution in [2.24, 2.45) is 5.92 Å². The van der Waals surface area contributed by atoms with E-state index in [4.69, 9.17) is 0 Å². The van der Waals surface area contributed by atoms with Gasteiger partial charge in [0, 0.05) is 31.9 Å². The van der Waals surface area contributed by atoms with Crippen molar-refractivity contribution in [3.63, 3.8) is 0 Å². The first kappa shape index (κ1) is 14.8. The van der Waals surface area contributed by atoms with Gasteiger partial charge in [-0.15, -0.1) is 0 Å². The summed E-state index contributed by atoms with van der Waals surface area (Å²) >= 11 is 0. The first-order chi connectivity index (χ1) is 10.3. The molecule has 0 unspecified atom stereocenters. The molecule has 21 heavy (non-hydrogen) atoms. The van der Waals surface area contributed by atoms with Gasteiger partial charge in [-0.05, 0) is 56.1 Å². The molecule has 1 aromatic heterocycles. The summed E-state index contributed by atoms with van der Waals surface area (Å²) in [5.74, 6) is 2.09. The average molecular weight is 287 g/mol. The number of aromatic nitrogens is 1. The van der Waals surface area contributed by atoms with E-state index >= 15 is 0 Å². The largest absolute Gasteiger partial charge is 0.357 e. The van der Waals surface area contributed by atoms with E-state index in [1.807, 2.05) is 6.20 Å². The third kappa shape index (κ3) is 3.97. The Balaban J connectivity index is 1.52. The predicted molar refractivity (Wildman–Crippen MR) is 88.5 cm³/mol. The van der Waals surface area contributed by atoms with Gasteiger partial charge in [0.25, 0.3) is 0 Å². The third-order valence-electron chi connectivity index (χ3n) is 5.28. The van der Waals surface area contributed by atoms with Crippen molar-refractivity contribution in [2.45, 2.75) is 70.5 Å². The van der Waals surface area contributed by atoms with Crippen molar-refractivity contribution in [1.82, 2.24) is 10.3 Å². The number of nitrogens with zero attached hydrogens (tertiary/aromatic N) is 2. The molecule has 0 spiro atoms. The molecule has 2 saturated carbocycles. The van der Waals surface area contributed by atoms with Crippen LogP contribution in [-0.2, 0) is 6.54 Å². The summed E-state index contributed by atoms with van der Waals surface area (Å²) in [6, 6.07) is 5.86. The van der Waals surface area contributed by atoms with Crippen LogP contribution in [0.15, 0.2) is 18.3 Å². The molecular formula is C18H29N3. The molecule has 0 saturated heterocycles. The highest BCUT2D eigenvalue weighted by atomic mass is 15.2. The minimum atomic E-state index is 0.677. The van der Waals surface area contributed by atoms with Crippen LogP contribution in [0.25, 0.3) is 0 Å². The Kier molecular flexibility index (Phi) is 4.79. The SMILES string of the molecule is CCC1CCC(N(C)c2ccc(CNC3CC3)cn2)CC1. The normalized spacial score (nSPS) is 25.8. The molecule has 0 radical (unpaired) electrons. The van der Waals surface area contributed by atoms with Gasteiger partial charge in [-0.3, -0.25) is 0 Å². The summed E-state index contributed by atoms with van der Waals surface area (Å²) in [4.78, 5) is 7.07. The zero-order valence-electron chi connectivity index (χ0n) is 13.5. The van der Waals surface area contributed by atoms with Crippen LogP contribution in [0.5, 0.6) is 0 Å². The fraction of sp³-hybridized carbons (Fsp3) is 0.722. The van der Waals surface area contributed by atoms with Crippen molar-refractivity contribution in [2.75, 3.05) is 11.9 Å². The van der Waals surface area contributed by atoms with E-state index in [-0.39, 0.29) is 0 Å². The number of hydrogen-bond donors (Lipinski definition) is 1. The lowest BCUT2D eigenvalue weighted by Crippen LogP contribution is -2.35. The summed E-state index contributed by atoms with van der Waals surface area (Å²) in [6.07, 6.45) is 11.5. The second kappa shape index (κ2) is 6.78. The Hall–Kier alpha value is -1.09. The summed E-state index contributed by atoms with van der Waals surface area (Å²) in [6.45, 7) is 3.29. The van der Waals surface area contributed by atoms with Crippen molar-refractivity contribution in [3.05, 3.63) is 23.9 Å². The Bertz CT molecular complexity index is 430. The van der Waals surface area contributed by atoms with Gasteiger partial charge in [-0.2, -0.15) is 0 Å². The minimum absolute atomic E-state index is 0.677. The van der Waals surface area contributed by atoms with Gasteiger partial charge in [-0.25, -0.2) is 4.98 Å². The molecule has 0 aliphatic heterocycles. The van der Waals surface area contributed by atoms with Crippen molar-refractivity contribution in [3.8, 4) is 0 Å². The highest BCUT2D eigenvalue weighted by Gasteiger charge is 2.24. The molecule has 2 fully saturated rings. The number of rotatable bonds is 6. The number of nitrogens with one attached hydrogen (secondary N) is 1. The molecule has 3 nitrogen and oxygen atoms in total. The first-order valence-electron chi connectivity index (χ1n) is 8.67. The molecule has 3 rings (SSSR count). The Labute approximate surface area is 129 Å². The third-order valence-corrected chi connectivity index (χ3v) is 5.28. The second-order valence-electron chi connectivity index (χ2n) is 6.87.